The summed E-state index contributed by atoms with van der Waals surface area (Å²) >= 11 is 6.12. The van der Waals surface area contributed by atoms with Crippen LogP contribution < -0.4 is 4.90 Å². The Kier molecular flexibility index (Phi) is 3.16. The van der Waals surface area contributed by atoms with E-state index in [9.17, 15) is 0 Å². The lowest BCUT2D eigenvalue weighted by atomic mass is 10.2. The third-order valence-corrected chi connectivity index (χ3v) is 4.19. The molecule has 96 valence electrons. The molecule has 3 nitrogen and oxygen atoms in total. The van der Waals surface area contributed by atoms with Gasteiger partial charge in [0.2, 0.25) is 0 Å². The van der Waals surface area contributed by atoms with E-state index in [1.807, 2.05) is 24.4 Å². The number of nitrogens with zero attached hydrogens (tertiary/aromatic N) is 3. The number of alkyl halides is 1. The average molecular weight is 264 g/mol. The minimum Gasteiger partial charge on any atom is -0.355 e. The Morgan fingerprint density at radius 3 is 2.89 bits per heavy atom. The molecule has 0 N–H and O–H groups in total. The maximum absolute atomic E-state index is 6.12. The van der Waals surface area contributed by atoms with Crippen LogP contribution in [0.2, 0.25) is 0 Å². The van der Waals surface area contributed by atoms with Gasteiger partial charge < -0.3 is 9.30 Å². The number of anilines is 1. The molecule has 1 saturated carbocycles. The summed E-state index contributed by atoms with van der Waals surface area (Å²) in [7, 11) is 2.15. The van der Waals surface area contributed by atoms with Crippen LogP contribution in [0.4, 0.5) is 5.82 Å². The van der Waals surface area contributed by atoms with Crippen molar-refractivity contribution in [2.75, 3.05) is 11.9 Å². The lowest BCUT2D eigenvalue weighted by Gasteiger charge is -2.25. The Morgan fingerprint density at radius 1 is 1.39 bits per heavy atom. The second kappa shape index (κ2) is 4.81. The molecule has 0 spiro atoms. The fraction of sp³-hybridized carbons (Fsp3) is 0.500. The zero-order chi connectivity index (χ0) is 12.5. The lowest BCUT2D eigenvalue weighted by Crippen LogP contribution is -2.29. The molecule has 0 radical (unpaired) electrons. The molecule has 3 rings (SSSR count). The minimum atomic E-state index is 0.498. The van der Waals surface area contributed by atoms with Crippen molar-refractivity contribution in [3.8, 4) is 0 Å². The van der Waals surface area contributed by atoms with Crippen LogP contribution in [0.15, 0.2) is 24.4 Å². The number of pyridine rings is 1. The Balaban J connectivity index is 2.04. The van der Waals surface area contributed by atoms with Crippen LogP contribution in [0.1, 0.15) is 31.4 Å². The maximum atomic E-state index is 6.12. The van der Waals surface area contributed by atoms with E-state index in [1.165, 1.54) is 25.7 Å². The summed E-state index contributed by atoms with van der Waals surface area (Å²) in [6.07, 6.45) is 7.24. The predicted octanol–water partition coefficient (Wildman–Crippen LogP) is 3.45. The largest absolute Gasteiger partial charge is 0.355 e. The maximum Gasteiger partial charge on any atom is 0.152 e. The monoisotopic (exact) mass is 263 g/mol. The first kappa shape index (κ1) is 11.8. The van der Waals surface area contributed by atoms with Crippen molar-refractivity contribution in [1.29, 1.82) is 0 Å². The molecule has 1 fully saturated rings. The summed E-state index contributed by atoms with van der Waals surface area (Å²) in [6.45, 7) is 0. The van der Waals surface area contributed by atoms with Gasteiger partial charge in [-0.25, -0.2) is 4.98 Å². The summed E-state index contributed by atoms with van der Waals surface area (Å²) in [6, 6.07) is 6.68. The van der Waals surface area contributed by atoms with E-state index in [2.05, 4.69) is 16.3 Å². The summed E-state index contributed by atoms with van der Waals surface area (Å²) in [5.74, 6) is 1.54. The van der Waals surface area contributed by atoms with Crippen LogP contribution in [0.25, 0.3) is 5.65 Å². The summed E-state index contributed by atoms with van der Waals surface area (Å²) in [4.78, 5) is 7.05. The topological polar surface area (TPSA) is 20.5 Å². The highest BCUT2D eigenvalue weighted by Crippen LogP contribution is 2.29. The number of imidazole rings is 1. The summed E-state index contributed by atoms with van der Waals surface area (Å²) in [5.41, 5.74) is 2.08. The second-order valence-corrected chi connectivity index (χ2v) is 5.26. The molecular weight excluding hydrogens is 246 g/mol. The van der Waals surface area contributed by atoms with Gasteiger partial charge in [0, 0.05) is 19.3 Å². The van der Waals surface area contributed by atoms with Crippen LogP contribution in [0.5, 0.6) is 0 Å². The highest BCUT2D eigenvalue weighted by molar-refractivity contribution is 6.17. The van der Waals surface area contributed by atoms with E-state index in [-0.39, 0.29) is 0 Å². The molecule has 0 unspecified atom stereocenters. The van der Waals surface area contributed by atoms with Gasteiger partial charge in [-0.15, -0.1) is 11.6 Å². The highest BCUT2D eigenvalue weighted by Gasteiger charge is 2.24. The van der Waals surface area contributed by atoms with Crippen molar-refractivity contribution < 1.29 is 0 Å². The molecule has 2 heterocycles. The van der Waals surface area contributed by atoms with E-state index in [1.54, 1.807) is 0 Å². The Hall–Kier alpha value is -1.22. The van der Waals surface area contributed by atoms with Gasteiger partial charge in [0.25, 0.3) is 0 Å². The van der Waals surface area contributed by atoms with Gasteiger partial charge in [0.15, 0.2) is 5.82 Å². The van der Waals surface area contributed by atoms with Crippen molar-refractivity contribution in [2.45, 2.75) is 37.6 Å². The molecule has 0 saturated heterocycles. The third-order valence-electron chi connectivity index (χ3n) is 3.94. The minimum absolute atomic E-state index is 0.498. The fourth-order valence-electron chi connectivity index (χ4n) is 2.91. The Labute approximate surface area is 112 Å². The van der Waals surface area contributed by atoms with Gasteiger partial charge in [-0.1, -0.05) is 18.9 Å². The van der Waals surface area contributed by atoms with Gasteiger partial charge in [-0.05, 0) is 25.0 Å². The van der Waals surface area contributed by atoms with Gasteiger partial charge in [0.05, 0.1) is 11.6 Å². The molecular formula is C14H18ClN3. The van der Waals surface area contributed by atoms with E-state index in [0.29, 0.717) is 11.9 Å². The molecule has 0 aromatic carbocycles. The summed E-state index contributed by atoms with van der Waals surface area (Å²) < 4.78 is 2.09. The Bertz CT molecular complexity index is 543. The van der Waals surface area contributed by atoms with Crippen molar-refractivity contribution in [3.63, 3.8) is 0 Å². The van der Waals surface area contributed by atoms with Crippen molar-refractivity contribution >= 4 is 23.1 Å². The number of hydrogen-bond acceptors (Lipinski definition) is 2. The van der Waals surface area contributed by atoms with Crippen LogP contribution in [0.3, 0.4) is 0 Å². The molecule has 4 heteroatoms. The normalized spacial score (nSPS) is 16.6. The van der Waals surface area contributed by atoms with Gasteiger partial charge in [-0.3, -0.25) is 0 Å². The second-order valence-electron chi connectivity index (χ2n) is 4.99. The molecule has 2 aromatic rings. The molecule has 0 atom stereocenters. The van der Waals surface area contributed by atoms with Crippen LogP contribution in [-0.4, -0.2) is 22.5 Å². The number of aromatic nitrogens is 2. The molecule has 1 aliphatic carbocycles. The number of halogens is 1. The average Bonchev–Trinajstić information content (AvgIpc) is 3.04. The van der Waals surface area contributed by atoms with Gasteiger partial charge in [0.1, 0.15) is 5.65 Å². The first-order valence-corrected chi connectivity index (χ1v) is 7.09. The highest BCUT2D eigenvalue weighted by atomic mass is 35.5. The van der Waals surface area contributed by atoms with Crippen LogP contribution >= 0.6 is 11.6 Å². The standard InChI is InChI=1S/C14H18ClN3/c1-17(11-6-2-3-7-11)14-12(10-15)18-9-5-4-8-13(18)16-14/h4-5,8-9,11H,2-3,6-7,10H2,1H3. The SMILES string of the molecule is CN(c1nc2ccccn2c1CCl)C1CCCC1. The lowest BCUT2D eigenvalue weighted by molar-refractivity contribution is 0.646. The third kappa shape index (κ3) is 1.87. The van der Waals surface area contributed by atoms with E-state index >= 15 is 0 Å². The van der Waals surface area contributed by atoms with Crippen LogP contribution in [-0.2, 0) is 5.88 Å². The number of rotatable bonds is 3. The van der Waals surface area contributed by atoms with E-state index in [0.717, 1.165) is 17.2 Å². The van der Waals surface area contributed by atoms with Gasteiger partial charge >= 0.3 is 0 Å². The Morgan fingerprint density at radius 2 is 2.17 bits per heavy atom. The quantitative estimate of drug-likeness (QED) is 0.791. The molecule has 1 aliphatic rings. The van der Waals surface area contributed by atoms with Crippen molar-refractivity contribution in [2.24, 2.45) is 0 Å². The predicted molar refractivity (Wildman–Crippen MR) is 75.4 cm³/mol. The fourth-order valence-corrected chi connectivity index (χ4v) is 3.15. The van der Waals surface area contributed by atoms with E-state index in [4.69, 9.17) is 16.6 Å². The molecule has 0 amide bonds. The zero-order valence-corrected chi connectivity index (χ0v) is 11.4. The molecule has 2 aromatic heterocycles. The molecule has 0 bridgehead atoms. The molecule has 18 heavy (non-hydrogen) atoms. The van der Waals surface area contributed by atoms with Gasteiger partial charge in [-0.2, -0.15) is 0 Å². The smallest absolute Gasteiger partial charge is 0.152 e. The zero-order valence-electron chi connectivity index (χ0n) is 10.6. The number of hydrogen-bond donors (Lipinski definition) is 0. The van der Waals surface area contributed by atoms with Crippen molar-refractivity contribution in [3.05, 3.63) is 30.1 Å². The van der Waals surface area contributed by atoms with Crippen molar-refractivity contribution in [1.82, 2.24) is 9.38 Å². The van der Waals surface area contributed by atoms with Crippen LogP contribution in [0, 0.1) is 0 Å². The first-order chi connectivity index (χ1) is 8.81. The summed E-state index contributed by atoms with van der Waals surface area (Å²) in [5, 5.41) is 0. The number of fused-ring (bicyclic) bond motifs is 1. The van der Waals surface area contributed by atoms with E-state index < -0.39 is 0 Å². The first-order valence-electron chi connectivity index (χ1n) is 6.56. The molecule has 0 aliphatic heterocycles.